The van der Waals surface area contributed by atoms with Gasteiger partial charge in [-0.05, 0) is 61.1 Å². The maximum atomic E-state index is 13.7. The molecule has 1 aliphatic carbocycles. The molecule has 2 aromatic rings. The number of rotatable bonds is 17. The van der Waals surface area contributed by atoms with Crippen molar-refractivity contribution in [2.75, 3.05) is 37.8 Å². The number of nitrogens with zero attached hydrogens (tertiary/aromatic N) is 2. The lowest BCUT2D eigenvalue weighted by Gasteiger charge is -2.37. The first-order valence-corrected chi connectivity index (χ1v) is 15.6. The van der Waals surface area contributed by atoms with Gasteiger partial charge in [0.25, 0.3) is 5.91 Å². The molecule has 2 fully saturated rings. The van der Waals surface area contributed by atoms with E-state index in [1.807, 2.05) is 62.9 Å². The highest BCUT2D eigenvalue weighted by molar-refractivity contribution is 5.98. The minimum absolute atomic E-state index is 0.120. The van der Waals surface area contributed by atoms with Gasteiger partial charge in [-0.2, -0.15) is 0 Å². The van der Waals surface area contributed by atoms with Gasteiger partial charge in [0.15, 0.2) is 0 Å². The third-order valence-electron chi connectivity index (χ3n) is 8.50. The summed E-state index contributed by atoms with van der Waals surface area (Å²) >= 11 is 0. The molecule has 1 aromatic carbocycles. The molecule has 2 heterocycles. The van der Waals surface area contributed by atoms with E-state index in [4.69, 9.17) is 9.47 Å². The predicted octanol–water partition coefficient (Wildman–Crippen LogP) is 4.28. The molecular weight excluding hydrogens is 551 g/mol. The molecule has 43 heavy (non-hydrogen) atoms. The third kappa shape index (κ3) is 8.66. The van der Waals surface area contributed by atoms with Crippen LogP contribution in [0.2, 0.25) is 0 Å². The Morgan fingerprint density at radius 3 is 2.42 bits per heavy atom. The molecule has 9 nitrogen and oxygen atoms in total. The van der Waals surface area contributed by atoms with E-state index in [0.717, 1.165) is 12.0 Å². The predicted molar refractivity (Wildman–Crippen MR) is 164 cm³/mol. The molecule has 2 aliphatic rings. The second-order valence-electron chi connectivity index (χ2n) is 12.3. The number of benzene rings is 1. The zero-order chi connectivity index (χ0) is 31.0. The van der Waals surface area contributed by atoms with E-state index < -0.39 is 23.7 Å². The minimum atomic E-state index is -1.16. The van der Waals surface area contributed by atoms with Crippen LogP contribution in [-0.4, -0.2) is 72.6 Å². The van der Waals surface area contributed by atoms with Crippen molar-refractivity contribution >= 4 is 17.5 Å². The molecule has 4 rings (SSSR count). The summed E-state index contributed by atoms with van der Waals surface area (Å²) in [7, 11) is 0. The summed E-state index contributed by atoms with van der Waals surface area (Å²) in [4.78, 5) is 33.2. The molecule has 1 saturated heterocycles. The lowest BCUT2D eigenvalue weighted by molar-refractivity contribution is -0.128. The van der Waals surface area contributed by atoms with Crippen LogP contribution in [0.3, 0.4) is 0 Å². The molecule has 0 radical (unpaired) electrons. The van der Waals surface area contributed by atoms with E-state index >= 15 is 0 Å². The normalized spacial score (nSPS) is 19.1. The SMILES string of the molecule is CCC(CC)(NC(=O)c1ccc(N2CC(F)C2)c(OC[C@@H]2C[C@H]2COCc2ccccc2)n1)C(=O)N[C@H](CO)CC(C)C. The van der Waals surface area contributed by atoms with Gasteiger partial charge < -0.3 is 30.1 Å². The van der Waals surface area contributed by atoms with E-state index in [2.05, 4.69) is 15.6 Å². The average Bonchev–Trinajstić information content (AvgIpc) is 3.75. The van der Waals surface area contributed by atoms with Crippen LogP contribution in [-0.2, 0) is 16.1 Å². The summed E-state index contributed by atoms with van der Waals surface area (Å²) in [6, 6.07) is 13.0. The monoisotopic (exact) mass is 598 g/mol. The smallest absolute Gasteiger partial charge is 0.270 e. The fourth-order valence-electron chi connectivity index (χ4n) is 5.49. The molecule has 1 aliphatic heterocycles. The fraction of sp³-hybridized carbons (Fsp3) is 0.606. The summed E-state index contributed by atoms with van der Waals surface area (Å²) in [5.41, 5.74) is 0.743. The van der Waals surface area contributed by atoms with Crippen LogP contribution >= 0.6 is 0 Å². The highest BCUT2D eigenvalue weighted by Gasteiger charge is 2.40. The first-order valence-electron chi connectivity index (χ1n) is 15.6. The van der Waals surface area contributed by atoms with Crippen LogP contribution in [0.1, 0.15) is 69.4 Å². The lowest BCUT2D eigenvalue weighted by Crippen LogP contribution is -2.60. The number of halogens is 1. The third-order valence-corrected chi connectivity index (χ3v) is 8.50. The van der Waals surface area contributed by atoms with Gasteiger partial charge in [-0.1, -0.05) is 58.0 Å². The molecule has 0 unspecified atom stereocenters. The number of hydrogen-bond donors (Lipinski definition) is 3. The van der Waals surface area contributed by atoms with Crippen molar-refractivity contribution in [1.82, 2.24) is 15.6 Å². The molecule has 3 N–H and O–H groups in total. The lowest BCUT2D eigenvalue weighted by atomic mass is 9.90. The number of aliphatic hydroxyl groups excluding tert-OH is 1. The Labute approximate surface area is 254 Å². The van der Waals surface area contributed by atoms with E-state index in [9.17, 15) is 19.1 Å². The van der Waals surface area contributed by atoms with E-state index in [1.165, 1.54) is 0 Å². The van der Waals surface area contributed by atoms with Crippen molar-refractivity contribution < 1.29 is 28.6 Å². The van der Waals surface area contributed by atoms with Crippen molar-refractivity contribution in [2.24, 2.45) is 17.8 Å². The molecular formula is C33H47FN4O5. The topological polar surface area (TPSA) is 113 Å². The number of nitrogens with one attached hydrogen (secondary N) is 2. The maximum Gasteiger partial charge on any atom is 0.270 e. The quantitative estimate of drug-likeness (QED) is 0.249. The summed E-state index contributed by atoms with van der Waals surface area (Å²) in [5.74, 6) is 0.459. The Morgan fingerprint density at radius 1 is 1.09 bits per heavy atom. The summed E-state index contributed by atoms with van der Waals surface area (Å²) in [6.45, 7) is 9.70. The molecule has 0 bridgehead atoms. The van der Waals surface area contributed by atoms with Crippen molar-refractivity contribution in [3.63, 3.8) is 0 Å². The van der Waals surface area contributed by atoms with Gasteiger partial charge in [-0.25, -0.2) is 9.37 Å². The molecule has 2 amide bonds. The summed E-state index contributed by atoms with van der Waals surface area (Å²) in [6.07, 6.45) is 1.43. The maximum absolute atomic E-state index is 13.7. The molecule has 3 atom stereocenters. The van der Waals surface area contributed by atoms with Gasteiger partial charge in [0.05, 0.1) is 45.6 Å². The Balaban J connectivity index is 1.40. The Kier molecular flexibility index (Phi) is 11.4. The van der Waals surface area contributed by atoms with Crippen molar-refractivity contribution in [2.45, 2.75) is 77.7 Å². The molecule has 10 heteroatoms. The van der Waals surface area contributed by atoms with Crippen molar-refractivity contribution in [3.8, 4) is 5.88 Å². The van der Waals surface area contributed by atoms with Gasteiger partial charge in [-0.3, -0.25) is 9.59 Å². The largest absolute Gasteiger partial charge is 0.476 e. The van der Waals surface area contributed by atoms with Crippen LogP contribution < -0.4 is 20.3 Å². The Hall–Kier alpha value is -3.24. The van der Waals surface area contributed by atoms with E-state index in [-0.39, 0.29) is 43.1 Å². The number of hydrogen-bond acceptors (Lipinski definition) is 7. The summed E-state index contributed by atoms with van der Waals surface area (Å²) < 4.78 is 25.7. The number of anilines is 1. The fourth-order valence-corrected chi connectivity index (χ4v) is 5.49. The number of carbonyl (C=O) groups is 2. The number of amides is 2. The number of aromatic nitrogens is 1. The number of ether oxygens (including phenoxy) is 2. The molecule has 0 spiro atoms. The van der Waals surface area contributed by atoms with Gasteiger partial charge in [0.2, 0.25) is 11.8 Å². The number of alkyl halides is 1. The standard InChI is InChI=1S/C33H47FN4O5/c1-5-33(6-2,32(41)35-27(18-39)14-22(3)4)37-30(40)28-12-13-29(38-16-26(34)17-38)31(36-28)43-21-25-15-24(25)20-42-19-23-10-8-7-9-11-23/h7-13,22,24-27,39H,5-6,14-21H2,1-4H3,(H,35,41)(H,37,40)/t24-,25-,27-/m0/s1. The van der Waals surface area contributed by atoms with Crippen LogP contribution in [0.25, 0.3) is 0 Å². The van der Waals surface area contributed by atoms with Crippen LogP contribution in [0.5, 0.6) is 5.88 Å². The average molecular weight is 599 g/mol. The highest BCUT2D eigenvalue weighted by atomic mass is 19.1. The Morgan fingerprint density at radius 2 is 1.79 bits per heavy atom. The van der Waals surface area contributed by atoms with E-state index in [0.29, 0.717) is 56.6 Å². The molecule has 1 saturated carbocycles. The van der Waals surface area contributed by atoms with Crippen LogP contribution in [0.15, 0.2) is 42.5 Å². The second kappa shape index (κ2) is 15.0. The first-order chi connectivity index (χ1) is 20.7. The van der Waals surface area contributed by atoms with Crippen molar-refractivity contribution in [3.05, 3.63) is 53.7 Å². The second-order valence-corrected chi connectivity index (χ2v) is 12.3. The zero-order valence-electron chi connectivity index (χ0n) is 25.9. The Bertz CT molecular complexity index is 1200. The zero-order valence-corrected chi connectivity index (χ0v) is 25.9. The number of carbonyl (C=O) groups excluding carboxylic acids is 2. The van der Waals surface area contributed by atoms with Gasteiger partial charge in [-0.15, -0.1) is 0 Å². The minimum Gasteiger partial charge on any atom is -0.476 e. The molecule has 1 aromatic heterocycles. The number of aliphatic hydroxyl groups is 1. The molecule has 236 valence electrons. The van der Waals surface area contributed by atoms with Crippen LogP contribution in [0.4, 0.5) is 10.1 Å². The van der Waals surface area contributed by atoms with E-state index in [1.54, 1.807) is 12.1 Å². The van der Waals surface area contributed by atoms with Crippen molar-refractivity contribution in [1.29, 1.82) is 0 Å². The first kappa shape index (κ1) is 32.7. The van der Waals surface area contributed by atoms with Crippen LogP contribution in [0, 0.1) is 17.8 Å². The van der Waals surface area contributed by atoms with Gasteiger partial charge in [0, 0.05) is 0 Å². The summed E-state index contributed by atoms with van der Waals surface area (Å²) in [5, 5.41) is 15.6. The van der Waals surface area contributed by atoms with Gasteiger partial charge >= 0.3 is 0 Å². The highest BCUT2D eigenvalue weighted by Crippen LogP contribution is 2.40. The number of pyridine rings is 1. The van der Waals surface area contributed by atoms with Gasteiger partial charge in [0.1, 0.15) is 23.1 Å².